The number of hydrogen-bond acceptors (Lipinski definition) is 2. The Balaban J connectivity index is 2.32. The van der Waals surface area contributed by atoms with E-state index < -0.39 is 5.82 Å². The molecule has 1 saturated heterocycles. The molecule has 0 radical (unpaired) electrons. The second-order valence-corrected chi connectivity index (χ2v) is 3.93. The minimum absolute atomic E-state index is 0.00494. The summed E-state index contributed by atoms with van der Waals surface area (Å²) in [6, 6.07) is 4.25. The first kappa shape index (κ1) is 10.6. The van der Waals surface area contributed by atoms with E-state index in [1.807, 2.05) is 0 Å². The van der Waals surface area contributed by atoms with E-state index in [4.69, 9.17) is 16.3 Å². The molecule has 1 aliphatic heterocycles. The highest BCUT2D eigenvalue weighted by Crippen LogP contribution is 2.25. The number of ketones is 1. The van der Waals surface area contributed by atoms with E-state index in [0.29, 0.717) is 19.6 Å². The Kier molecular flexibility index (Phi) is 3.03. The predicted molar refractivity (Wildman–Crippen MR) is 54.7 cm³/mol. The van der Waals surface area contributed by atoms with Gasteiger partial charge in [-0.3, -0.25) is 4.79 Å². The molecule has 2 nitrogen and oxygen atoms in total. The van der Waals surface area contributed by atoms with Crippen LogP contribution in [0, 0.1) is 11.7 Å². The number of rotatable bonds is 2. The van der Waals surface area contributed by atoms with Gasteiger partial charge in [-0.05, 0) is 18.6 Å². The zero-order valence-corrected chi connectivity index (χ0v) is 8.76. The third-order valence-electron chi connectivity index (χ3n) is 2.51. The molecule has 2 rings (SSSR count). The van der Waals surface area contributed by atoms with E-state index in [1.54, 1.807) is 0 Å². The summed E-state index contributed by atoms with van der Waals surface area (Å²) in [6.07, 6.45) is 0.642. The van der Waals surface area contributed by atoms with Gasteiger partial charge in [-0.15, -0.1) is 0 Å². The van der Waals surface area contributed by atoms with E-state index in [1.165, 1.54) is 18.2 Å². The summed E-state index contributed by atoms with van der Waals surface area (Å²) in [5.41, 5.74) is -0.00494. The molecular weight excluding hydrogens is 219 g/mol. The lowest BCUT2D eigenvalue weighted by Gasteiger charge is -2.08. The van der Waals surface area contributed by atoms with Crippen molar-refractivity contribution in [2.24, 2.45) is 5.92 Å². The van der Waals surface area contributed by atoms with Gasteiger partial charge in [0.2, 0.25) is 0 Å². The van der Waals surface area contributed by atoms with Crippen molar-refractivity contribution in [3.63, 3.8) is 0 Å². The maximum atomic E-state index is 13.4. The molecule has 1 aromatic carbocycles. The van der Waals surface area contributed by atoms with E-state index in [-0.39, 0.29) is 22.3 Å². The Morgan fingerprint density at radius 1 is 1.53 bits per heavy atom. The zero-order chi connectivity index (χ0) is 10.8. The number of carbonyl (C=O) groups excluding carboxylic acids is 1. The molecular formula is C11H10ClFO2. The smallest absolute Gasteiger partial charge is 0.172 e. The zero-order valence-electron chi connectivity index (χ0n) is 8.00. The fourth-order valence-corrected chi connectivity index (χ4v) is 1.93. The molecule has 0 aromatic heterocycles. The van der Waals surface area contributed by atoms with Crippen LogP contribution in [0.25, 0.3) is 0 Å². The minimum atomic E-state index is -0.556. The maximum Gasteiger partial charge on any atom is 0.172 e. The van der Waals surface area contributed by atoms with Gasteiger partial charge in [0.05, 0.1) is 17.2 Å². The van der Waals surface area contributed by atoms with Gasteiger partial charge in [0.25, 0.3) is 0 Å². The number of halogens is 2. The van der Waals surface area contributed by atoms with Crippen LogP contribution in [0.15, 0.2) is 18.2 Å². The molecule has 0 bridgehead atoms. The summed E-state index contributed by atoms with van der Waals surface area (Å²) in [7, 11) is 0. The fourth-order valence-electron chi connectivity index (χ4n) is 1.68. The fraction of sp³-hybridized carbons (Fsp3) is 0.364. The van der Waals surface area contributed by atoms with Crippen LogP contribution in [-0.4, -0.2) is 19.0 Å². The number of ether oxygens (including phenoxy) is 1. The molecule has 0 N–H and O–H groups in total. The number of benzene rings is 1. The van der Waals surface area contributed by atoms with Crippen LogP contribution in [0.4, 0.5) is 4.39 Å². The summed E-state index contributed by atoms with van der Waals surface area (Å²) in [5, 5.41) is 0.173. The predicted octanol–water partition coefficient (Wildman–Crippen LogP) is 2.70. The molecule has 0 amide bonds. The molecule has 1 atom stereocenters. The van der Waals surface area contributed by atoms with Gasteiger partial charge in [0, 0.05) is 12.5 Å². The van der Waals surface area contributed by atoms with Crippen LogP contribution < -0.4 is 0 Å². The SMILES string of the molecule is O=C(c1c(F)cccc1Cl)C1CCOC1. The first-order valence-electron chi connectivity index (χ1n) is 4.76. The van der Waals surface area contributed by atoms with Crippen LogP contribution in [-0.2, 0) is 4.74 Å². The Labute approximate surface area is 92.0 Å². The maximum absolute atomic E-state index is 13.4. The molecule has 80 valence electrons. The summed E-state index contributed by atoms with van der Waals surface area (Å²) in [6.45, 7) is 0.923. The largest absolute Gasteiger partial charge is 0.381 e. The van der Waals surface area contributed by atoms with Gasteiger partial charge in [-0.2, -0.15) is 0 Å². The molecule has 0 saturated carbocycles. The second-order valence-electron chi connectivity index (χ2n) is 3.52. The number of Topliss-reactive ketones (excluding diaryl/α,β-unsaturated/α-hetero) is 1. The van der Waals surface area contributed by atoms with E-state index in [0.717, 1.165) is 0 Å². The summed E-state index contributed by atoms with van der Waals surface area (Å²) >= 11 is 5.80. The third-order valence-corrected chi connectivity index (χ3v) is 2.82. The summed E-state index contributed by atoms with van der Waals surface area (Å²) < 4.78 is 18.5. The number of hydrogen-bond donors (Lipinski definition) is 0. The van der Waals surface area contributed by atoms with Crippen LogP contribution in [0.2, 0.25) is 5.02 Å². The monoisotopic (exact) mass is 228 g/mol. The molecule has 1 heterocycles. The summed E-state index contributed by atoms with van der Waals surface area (Å²) in [4.78, 5) is 11.9. The van der Waals surface area contributed by atoms with E-state index in [9.17, 15) is 9.18 Å². The third kappa shape index (κ3) is 2.03. The highest BCUT2D eigenvalue weighted by Gasteiger charge is 2.28. The van der Waals surface area contributed by atoms with Gasteiger partial charge in [-0.25, -0.2) is 4.39 Å². The van der Waals surface area contributed by atoms with Crippen molar-refractivity contribution in [3.8, 4) is 0 Å². The Hall–Kier alpha value is -0.930. The molecule has 15 heavy (non-hydrogen) atoms. The van der Waals surface area contributed by atoms with Crippen LogP contribution >= 0.6 is 11.6 Å². The lowest BCUT2D eigenvalue weighted by Crippen LogP contribution is -2.16. The number of carbonyl (C=O) groups is 1. The highest BCUT2D eigenvalue weighted by molar-refractivity contribution is 6.34. The molecule has 1 unspecified atom stereocenters. The van der Waals surface area contributed by atoms with Crippen molar-refractivity contribution in [2.75, 3.05) is 13.2 Å². The topological polar surface area (TPSA) is 26.3 Å². The first-order chi connectivity index (χ1) is 7.20. The normalized spacial score (nSPS) is 20.5. The quantitative estimate of drug-likeness (QED) is 0.728. The van der Waals surface area contributed by atoms with Crippen molar-refractivity contribution in [3.05, 3.63) is 34.6 Å². The second kappa shape index (κ2) is 4.29. The minimum Gasteiger partial charge on any atom is -0.381 e. The lowest BCUT2D eigenvalue weighted by molar-refractivity contribution is 0.0896. The summed E-state index contributed by atoms with van der Waals surface area (Å²) in [5.74, 6) is -1.06. The van der Waals surface area contributed by atoms with Gasteiger partial charge in [0.1, 0.15) is 5.82 Å². The van der Waals surface area contributed by atoms with Crippen LogP contribution in [0.3, 0.4) is 0 Å². The van der Waals surface area contributed by atoms with Gasteiger partial charge >= 0.3 is 0 Å². The molecule has 1 fully saturated rings. The van der Waals surface area contributed by atoms with Crippen molar-refractivity contribution in [2.45, 2.75) is 6.42 Å². The molecule has 1 aliphatic rings. The van der Waals surface area contributed by atoms with Crippen LogP contribution in [0.5, 0.6) is 0 Å². The standard InChI is InChI=1S/C11H10ClFO2/c12-8-2-1-3-9(13)10(8)11(14)7-4-5-15-6-7/h1-3,7H,4-6H2. The van der Waals surface area contributed by atoms with Crippen molar-refractivity contribution in [1.29, 1.82) is 0 Å². The van der Waals surface area contributed by atoms with Gasteiger partial charge < -0.3 is 4.74 Å². The first-order valence-corrected chi connectivity index (χ1v) is 5.14. The van der Waals surface area contributed by atoms with Gasteiger partial charge in [0.15, 0.2) is 5.78 Å². The lowest BCUT2D eigenvalue weighted by atomic mass is 9.97. The van der Waals surface area contributed by atoms with E-state index in [2.05, 4.69) is 0 Å². The Morgan fingerprint density at radius 3 is 2.93 bits per heavy atom. The van der Waals surface area contributed by atoms with E-state index >= 15 is 0 Å². The molecule has 0 spiro atoms. The highest BCUT2D eigenvalue weighted by atomic mass is 35.5. The molecule has 0 aliphatic carbocycles. The Morgan fingerprint density at radius 2 is 2.33 bits per heavy atom. The van der Waals surface area contributed by atoms with Crippen molar-refractivity contribution < 1.29 is 13.9 Å². The van der Waals surface area contributed by atoms with Crippen LogP contribution in [0.1, 0.15) is 16.8 Å². The molecule has 4 heteroatoms. The average Bonchev–Trinajstić information content (AvgIpc) is 2.69. The van der Waals surface area contributed by atoms with Crippen molar-refractivity contribution >= 4 is 17.4 Å². The van der Waals surface area contributed by atoms with Gasteiger partial charge in [-0.1, -0.05) is 17.7 Å². The average molecular weight is 229 g/mol. The Bertz CT molecular complexity index is 366. The molecule has 1 aromatic rings. The van der Waals surface area contributed by atoms with Crippen molar-refractivity contribution in [1.82, 2.24) is 0 Å².